The van der Waals surface area contributed by atoms with E-state index in [0.29, 0.717) is 74.3 Å². The van der Waals surface area contributed by atoms with Crippen LogP contribution in [-0.4, -0.2) is 234 Å². The summed E-state index contributed by atoms with van der Waals surface area (Å²) in [4.78, 5) is 118. The fraction of sp³-hybridized carbons (Fsp3) is 0.675. The number of nitrogens with one attached hydrogen (secondary N) is 5. The van der Waals surface area contributed by atoms with Crippen LogP contribution in [0.4, 0.5) is 5.82 Å². The van der Waals surface area contributed by atoms with Crippen molar-refractivity contribution in [3.63, 3.8) is 0 Å². The fourth-order valence-electron chi connectivity index (χ4n) is 13.3. The van der Waals surface area contributed by atoms with E-state index in [1.807, 2.05) is 56.6 Å². The summed E-state index contributed by atoms with van der Waals surface area (Å²) in [6.07, 6.45) is 2.73. The number of rotatable bonds is 34. The van der Waals surface area contributed by atoms with Gasteiger partial charge >= 0.3 is 23.9 Å². The average molecular weight is 1620 g/mol. The van der Waals surface area contributed by atoms with Gasteiger partial charge in [0, 0.05) is 102 Å². The summed E-state index contributed by atoms with van der Waals surface area (Å²) in [6.45, 7) is 33.9. The Kier molecular flexibility index (Phi) is 32.0. The number of esters is 4. The van der Waals surface area contributed by atoms with Crippen molar-refractivity contribution in [3.8, 4) is 11.5 Å². The summed E-state index contributed by atoms with van der Waals surface area (Å²) in [7, 11) is -13.4. The van der Waals surface area contributed by atoms with Crippen LogP contribution < -0.4 is 39.8 Å². The maximum Gasteiger partial charge on any atom is 0.326 e. The molecule has 4 amide bonds. The SMILES string of the molecule is Cc1cc(OCCCC(=O)NCCNC(=O)C(CS(=O)(=O)O)NC(=O)CCC(C(=O)OC(C)(C)C)N2CCN(CC(=O)OC(C)(C)C)CCN(CC(=O)OC(C)(C)C)CC2)cc(C)c1S(=O)(=O)NC(CNC(=O)CCCCc1ccc2c(n1)N(S(=O)(=O)c1c(C)c(C)c3c(c1C)CC(C)(C)O3)CCC2)C(=O)OC(C)(C)C. The highest BCUT2D eigenvalue weighted by molar-refractivity contribution is 7.93. The highest BCUT2D eigenvalue weighted by atomic mass is 32.2. The topological polar surface area (TPSA) is 401 Å². The number of anilines is 1. The van der Waals surface area contributed by atoms with Gasteiger partial charge in [-0.1, -0.05) is 6.07 Å². The summed E-state index contributed by atoms with van der Waals surface area (Å²) in [5.74, 6) is -5.13. The Morgan fingerprint density at radius 3 is 1.72 bits per heavy atom. The molecule has 34 heteroatoms. The molecule has 31 nitrogen and oxygen atoms in total. The summed E-state index contributed by atoms with van der Waals surface area (Å²) in [5.41, 5.74) is 1.03. The van der Waals surface area contributed by atoms with Crippen LogP contribution in [-0.2, 0) is 107 Å². The maximum absolute atomic E-state index is 14.7. The minimum absolute atomic E-state index is 0.00592. The molecular formula is C77H120N10O21S3. The van der Waals surface area contributed by atoms with Gasteiger partial charge in [0.25, 0.3) is 20.1 Å². The number of hydrogen-bond acceptors (Lipinski definition) is 24. The number of nitrogens with zero attached hydrogens (tertiary/aromatic N) is 5. The van der Waals surface area contributed by atoms with Gasteiger partial charge in [-0.3, -0.25) is 57.6 Å². The second kappa shape index (κ2) is 38.5. The number of sulfonamides is 2. The van der Waals surface area contributed by atoms with Crippen molar-refractivity contribution in [2.45, 2.75) is 258 Å². The van der Waals surface area contributed by atoms with Crippen LogP contribution in [0, 0.1) is 34.6 Å². The third-order valence-corrected chi connectivity index (χ3v) is 22.8. The quantitative estimate of drug-likeness (QED) is 0.0177. The molecule has 1 saturated heterocycles. The molecule has 622 valence electrons. The molecule has 3 atom stereocenters. The molecule has 0 bridgehead atoms. The van der Waals surface area contributed by atoms with E-state index in [1.54, 1.807) is 88.0 Å². The number of amides is 4. The molecule has 111 heavy (non-hydrogen) atoms. The molecule has 0 saturated carbocycles. The highest BCUT2D eigenvalue weighted by Crippen LogP contribution is 2.45. The molecule has 2 aromatic carbocycles. The van der Waals surface area contributed by atoms with Crippen molar-refractivity contribution in [1.29, 1.82) is 0 Å². The van der Waals surface area contributed by atoms with Crippen LogP contribution >= 0.6 is 0 Å². The summed E-state index contributed by atoms with van der Waals surface area (Å²) in [5, 5.41) is 10.1. The molecule has 6 rings (SSSR count). The van der Waals surface area contributed by atoms with E-state index in [-0.39, 0.29) is 118 Å². The van der Waals surface area contributed by atoms with Crippen LogP contribution in [0.15, 0.2) is 34.1 Å². The third kappa shape index (κ3) is 29.4. The van der Waals surface area contributed by atoms with Gasteiger partial charge in [-0.05, 0) is 228 Å². The second-order valence-electron chi connectivity index (χ2n) is 33.4. The Balaban J connectivity index is 0.981. The molecule has 3 aliphatic rings. The maximum atomic E-state index is 14.7. The minimum Gasteiger partial charge on any atom is -0.494 e. The average Bonchev–Trinajstić information content (AvgIpc) is 1.70. The van der Waals surface area contributed by atoms with E-state index in [2.05, 4.69) is 26.0 Å². The molecule has 0 aliphatic carbocycles. The lowest BCUT2D eigenvalue weighted by atomic mass is 9.94. The lowest BCUT2D eigenvalue weighted by Gasteiger charge is -2.34. The molecule has 4 heterocycles. The van der Waals surface area contributed by atoms with Crippen molar-refractivity contribution in [1.82, 2.24) is 45.7 Å². The van der Waals surface area contributed by atoms with E-state index < -0.39 is 143 Å². The van der Waals surface area contributed by atoms with Crippen molar-refractivity contribution in [2.24, 2.45) is 0 Å². The molecule has 6 N–H and O–H groups in total. The van der Waals surface area contributed by atoms with Crippen molar-refractivity contribution >= 4 is 83.5 Å². The van der Waals surface area contributed by atoms with Gasteiger partial charge < -0.3 is 49.7 Å². The molecular weight excluding hydrogens is 1500 g/mol. The van der Waals surface area contributed by atoms with Gasteiger partial charge in [-0.15, -0.1) is 0 Å². The molecule has 3 aliphatic heterocycles. The van der Waals surface area contributed by atoms with Gasteiger partial charge in [0.05, 0.1) is 29.5 Å². The number of carbonyl (C=O) groups excluding carboxylic acids is 8. The number of fused-ring (bicyclic) bond motifs is 2. The number of ether oxygens (including phenoxy) is 6. The predicted molar refractivity (Wildman–Crippen MR) is 417 cm³/mol. The Morgan fingerprint density at radius 2 is 1.15 bits per heavy atom. The Hall–Kier alpha value is -7.60. The van der Waals surface area contributed by atoms with E-state index in [9.17, 15) is 68.2 Å². The lowest BCUT2D eigenvalue weighted by Crippen LogP contribution is -2.52. The van der Waals surface area contributed by atoms with Crippen LogP contribution in [0.1, 0.15) is 193 Å². The zero-order chi connectivity index (χ0) is 83.2. The van der Waals surface area contributed by atoms with E-state index >= 15 is 0 Å². The fourth-order valence-corrected chi connectivity index (χ4v) is 17.7. The van der Waals surface area contributed by atoms with Crippen molar-refractivity contribution < 1.29 is 96.6 Å². The van der Waals surface area contributed by atoms with Gasteiger partial charge in [0.1, 0.15) is 69.2 Å². The zero-order valence-corrected chi connectivity index (χ0v) is 70.7. The van der Waals surface area contributed by atoms with Crippen LogP contribution in [0.3, 0.4) is 0 Å². The first kappa shape index (κ1) is 92.3. The van der Waals surface area contributed by atoms with Gasteiger partial charge in [0.2, 0.25) is 33.7 Å². The van der Waals surface area contributed by atoms with Crippen molar-refractivity contribution in [2.75, 3.05) is 95.2 Å². The highest BCUT2D eigenvalue weighted by Gasteiger charge is 2.41. The largest absolute Gasteiger partial charge is 0.494 e. The molecule has 3 unspecified atom stereocenters. The predicted octanol–water partition coefficient (Wildman–Crippen LogP) is 5.85. The number of hydrogen-bond donors (Lipinski definition) is 6. The lowest BCUT2D eigenvalue weighted by molar-refractivity contribution is -0.163. The number of aromatic nitrogens is 1. The smallest absolute Gasteiger partial charge is 0.326 e. The molecule has 3 aromatic rings. The van der Waals surface area contributed by atoms with Gasteiger partial charge in [0.15, 0.2) is 0 Å². The summed E-state index contributed by atoms with van der Waals surface area (Å²) in [6, 6.07) is 2.30. The number of unbranched alkanes of at least 4 members (excludes halogenated alkanes) is 1. The van der Waals surface area contributed by atoms with E-state index in [0.717, 1.165) is 22.4 Å². The zero-order valence-electron chi connectivity index (χ0n) is 68.3. The van der Waals surface area contributed by atoms with Crippen LogP contribution in [0.25, 0.3) is 0 Å². The molecule has 1 aromatic heterocycles. The Bertz CT molecular complexity index is 4150. The normalized spacial score (nSPS) is 16.4. The third-order valence-electron chi connectivity index (χ3n) is 18.2. The van der Waals surface area contributed by atoms with Gasteiger partial charge in [-0.25, -0.2) is 26.1 Å². The standard InChI is InChI=1S/C77H120N10O21S3/c1-49-42-56(43-50(2)67(49)110(99,100)83-58(71(94)107-75(12,13)14)45-80-62(89)26-21-20-25-55-29-28-54-24-22-34-87(69(54)81-55)111(101,102)68-52(4)51(3)66-57(53(68)5)44-77(18,19)106-66)103-41-23-27-61(88)78-32-33-79-70(93)59(48-109(96,97)98)82-63(90)31-30-60(72(95)108-76(15,16)17)86-39-37-84(46-64(91)104-73(6,7)8)35-36-85(38-40-86)47-65(92)105-74(9,10)11/h28-29,42-43,58-60,83H,20-27,30-41,44-48H2,1-19H3,(H,78,88)(H,79,93)(H,80,89)(H,82,90)(H,96,97,98). The summed E-state index contributed by atoms with van der Waals surface area (Å²) >= 11 is 0. The first-order valence-corrected chi connectivity index (χ1v) is 42.5. The second-order valence-corrected chi connectivity index (χ2v) is 38.4. The minimum atomic E-state index is -4.87. The molecule has 0 spiro atoms. The first-order valence-electron chi connectivity index (χ1n) is 37.9. The Labute approximate surface area is 656 Å². The number of pyridine rings is 1. The Morgan fingerprint density at radius 1 is 0.613 bits per heavy atom. The first-order chi connectivity index (χ1) is 51.2. The summed E-state index contributed by atoms with van der Waals surface area (Å²) < 4.78 is 131. The van der Waals surface area contributed by atoms with E-state index in [4.69, 9.17) is 33.4 Å². The van der Waals surface area contributed by atoms with Gasteiger partial charge in [-0.2, -0.15) is 13.1 Å². The van der Waals surface area contributed by atoms with Crippen LogP contribution in [0.5, 0.6) is 11.5 Å². The monoisotopic (exact) mass is 1620 g/mol. The van der Waals surface area contributed by atoms with E-state index in [1.165, 1.54) is 30.3 Å². The van der Waals surface area contributed by atoms with Crippen molar-refractivity contribution in [3.05, 3.63) is 68.9 Å². The van der Waals surface area contributed by atoms with Crippen LogP contribution in [0.2, 0.25) is 0 Å². The number of benzene rings is 2. The molecule has 1 fully saturated rings. The number of aryl methyl sites for hydroxylation is 4. The molecule has 0 radical (unpaired) electrons. The number of carbonyl (C=O) groups is 8.